The molecule has 104 valence electrons. The maximum atomic E-state index is 12.6. The zero-order chi connectivity index (χ0) is 13.4. The molecule has 2 N–H and O–H groups in total. The van der Waals surface area contributed by atoms with Crippen LogP contribution in [0, 0.1) is 5.82 Å². The van der Waals surface area contributed by atoms with Crippen LogP contribution in [0.1, 0.15) is 17.2 Å². The van der Waals surface area contributed by atoms with Gasteiger partial charge in [-0.05, 0) is 17.7 Å². The molecular weight excluding hydrogens is 291 g/mol. The lowest BCUT2D eigenvalue weighted by Crippen LogP contribution is -2.30. The lowest BCUT2D eigenvalue weighted by Gasteiger charge is -2.20. The molecule has 0 spiro atoms. The first-order valence-corrected chi connectivity index (χ1v) is 4.22. The smallest absolute Gasteiger partial charge is 0.316 e. The average Bonchev–Trinajstić information content (AvgIpc) is 2.14. The molecule has 1 nitrogen and oxygen atoms in total. The summed E-state index contributed by atoms with van der Waals surface area (Å²) in [5, 5.41) is 0. The fraction of sp³-hybridized carbons (Fsp3) is 0.333. The monoisotopic (exact) mass is 297 g/mol. The van der Waals surface area contributed by atoms with Crippen LogP contribution in [0.5, 0.6) is 0 Å². The number of rotatable bonds is 1. The highest BCUT2D eigenvalue weighted by Crippen LogP contribution is 2.39. The number of alkyl halides is 6. The molecule has 0 bridgehead atoms. The van der Waals surface area contributed by atoms with Crippen molar-refractivity contribution in [2.45, 2.75) is 18.4 Å². The topological polar surface area (TPSA) is 26.0 Å². The molecule has 1 aromatic carbocycles. The Morgan fingerprint density at radius 3 is 1.89 bits per heavy atom. The van der Waals surface area contributed by atoms with Crippen molar-refractivity contribution in [2.24, 2.45) is 5.73 Å². The van der Waals surface area contributed by atoms with Crippen LogP contribution in [0.25, 0.3) is 0 Å². The van der Waals surface area contributed by atoms with Gasteiger partial charge < -0.3 is 5.73 Å². The molecule has 0 fully saturated rings. The first-order valence-electron chi connectivity index (χ1n) is 4.22. The highest BCUT2D eigenvalue weighted by Gasteiger charge is 2.43. The molecule has 0 saturated heterocycles. The summed E-state index contributed by atoms with van der Waals surface area (Å²) in [5.74, 6) is -1.28. The van der Waals surface area contributed by atoms with E-state index in [1.165, 1.54) is 0 Å². The quantitative estimate of drug-likeness (QED) is 0.783. The number of nitrogens with two attached hydrogens (primary N) is 1. The maximum Gasteiger partial charge on any atom is 0.416 e. The third-order valence-corrected chi connectivity index (χ3v) is 2.01. The van der Waals surface area contributed by atoms with E-state index in [4.69, 9.17) is 0 Å². The van der Waals surface area contributed by atoms with Crippen molar-refractivity contribution in [2.75, 3.05) is 0 Å². The van der Waals surface area contributed by atoms with E-state index in [1.54, 1.807) is 0 Å². The normalized spacial score (nSPS) is 14.0. The van der Waals surface area contributed by atoms with Crippen LogP contribution >= 0.6 is 12.4 Å². The summed E-state index contributed by atoms with van der Waals surface area (Å²) in [6.45, 7) is 0. The summed E-state index contributed by atoms with van der Waals surface area (Å²) in [5.41, 5.74) is 1.75. The number of benzene rings is 1. The highest BCUT2D eigenvalue weighted by molar-refractivity contribution is 5.85. The van der Waals surface area contributed by atoms with E-state index in [1.807, 2.05) is 0 Å². The van der Waals surface area contributed by atoms with E-state index in [9.17, 15) is 30.7 Å². The summed E-state index contributed by atoms with van der Waals surface area (Å²) in [4.78, 5) is 0. The molecule has 1 aromatic rings. The molecule has 0 aliphatic heterocycles. The zero-order valence-corrected chi connectivity index (χ0v) is 9.26. The van der Waals surface area contributed by atoms with Crippen molar-refractivity contribution in [1.82, 2.24) is 0 Å². The number of halogens is 8. The van der Waals surface area contributed by atoms with E-state index < -0.39 is 35.3 Å². The van der Waals surface area contributed by atoms with E-state index in [0.717, 1.165) is 0 Å². The lowest BCUT2D eigenvalue weighted by atomic mass is 10.00. The Balaban J connectivity index is 0.00000289. The number of hydrogen-bond acceptors (Lipinski definition) is 1. The summed E-state index contributed by atoms with van der Waals surface area (Å²) in [7, 11) is 0. The maximum absolute atomic E-state index is 12.6. The second kappa shape index (κ2) is 5.31. The lowest BCUT2D eigenvalue weighted by molar-refractivity contribution is -0.155. The second-order valence-corrected chi connectivity index (χ2v) is 3.25. The Labute approximate surface area is 103 Å². The summed E-state index contributed by atoms with van der Waals surface area (Å²) < 4.78 is 86.4. The molecule has 0 amide bonds. The van der Waals surface area contributed by atoms with E-state index in [0.29, 0.717) is 12.1 Å². The van der Waals surface area contributed by atoms with Gasteiger partial charge in [0.25, 0.3) is 0 Å². The van der Waals surface area contributed by atoms with Crippen molar-refractivity contribution in [3.63, 3.8) is 0 Å². The van der Waals surface area contributed by atoms with Gasteiger partial charge in [0.15, 0.2) is 0 Å². The van der Waals surface area contributed by atoms with Crippen LogP contribution in [-0.2, 0) is 6.18 Å². The minimum Gasteiger partial charge on any atom is -0.316 e. The molecule has 0 aliphatic rings. The number of hydrogen-bond donors (Lipinski definition) is 1. The van der Waals surface area contributed by atoms with Crippen molar-refractivity contribution in [3.05, 3.63) is 35.1 Å². The molecule has 0 saturated carbocycles. The van der Waals surface area contributed by atoms with Gasteiger partial charge in [-0.15, -0.1) is 12.4 Å². The summed E-state index contributed by atoms with van der Waals surface area (Å²) in [6.07, 6.45) is -10.1. The first kappa shape index (κ1) is 17.0. The van der Waals surface area contributed by atoms with Crippen LogP contribution in [0.3, 0.4) is 0 Å². The van der Waals surface area contributed by atoms with Gasteiger partial charge in [0.05, 0.1) is 5.56 Å². The van der Waals surface area contributed by atoms with Gasteiger partial charge in [-0.2, -0.15) is 26.3 Å². The molecule has 0 aliphatic carbocycles. The van der Waals surface area contributed by atoms with Crippen LogP contribution in [-0.4, -0.2) is 6.18 Å². The minimum atomic E-state index is -5.10. The van der Waals surface area contributed by atoms with E-state index in [-0.39, 0.29) is 18.5 Å². The largest absolute Gasteiger partial charge is 0.416 e. The Kier molecular flexibility index (Phi) is 5.01. The fourth-order valence-corrected chi connectivity index (χ4v) is 1.22. The van der Waals surface area contributed by atoms with E-state index in [2.05, 4.69) is 5.73 Å². The second-order valence-electron chi connectivity index (χ2n) is 3.25. The molecule has 1 atom stereocenters. The zero-order valence-electron chi connectivity index (χ0n) is 8.44. The molecule has 9 heteroatoms. The van der Waals surface area contributed by atoms with Gasteiger partial charge in [0, 0.05) is 0 Å². The van der Waals surface area contributed by atoms with Gasteiger partial charge in [-0.1, -0.05) is 6.07 Å². The predicted molar refractivity (Wildman–Crippen MR) is 51.6 cm³/mol. The molecular formula is C9H7ClF7N. The third kappa shape index (κ3) is 3.74. The highest BCUT2D eigenvalue weighted by atomic mass is 35.5. The standard InChI is InChI=1S/C9H6F7N.ClH/c10-4-1-2-5(7(17)9(14,15)16)6(3-4)8(11,12)13;/h1-3,7H,17H2;1H/t7-;/m0./s1. The Hall–Kier alpha value is -1.02. The van der Waals surface area contributed by atoms with Gasteiger partial charge in [-0.3, -0.25) is 0 Å². The predicted octanol–water partition coefficient (Wildman–Crippen LogP) is 3.83. The van der Waals surface area contributed by atoms with Crippen LogP contribution in [0.2, 0.25) is 0 Å². The van der Waals surface area contributed by atoms with Gasteiger partial charge in [-0.25, -0.2) is 4.39 Å². The van der Waals surface area contributed by atoms with Crippen molar-refractivity contribution >= 4 is 12.4 Å². The minimum absolute atomic E-state index is 0. The molecule has 0 radical (unpaired) electrons. The molecule has 1 rings (SSSR count). The van der Waals surface area contributed by atoms with Gasteiger partial charge in [0.1, 0.15) is 11.9 Å². The van der Waals surface area contributed by atoms with Crippen LogP contribution in [0.15, 0.2) is 18.2 Å². The van der Waals surface area contributed by atoms with Gasteiger partial charge in [0.2, 0.25) is 0 Å². The fourth-order valence-electron chi connectivity index (χ4n) is 1.22. The Morgan fingerprint density at radius 2 is 1.50 bits per heavy atom. The van der Waals surface area contributed by atoms with Crippen molar-refractivity contribution < 1.29 is 30.7 Å². The summed E-state index contributed by atoms with van der Waals surface area (Å²) in [6, 6.07) is -1.94. The average molecular weight is 298 g/mol. The SMILES string of the molecule is Cl.N[C@@H](c1ccc(F)cc1C(F)(F)F)C(F)(F)F. The Bertz CT molecular complexity index is 412. The van der Waals surface area contributed by atoms with Crippen LogP contribution in [0.4, 0.5) is 30.7 Å². The molecule has 0 heterocycles. The third-order valence-electron chi connectivity index (χ3n) is 2.01. The van der Waals surface area contributed by atoms with Crippen molar-refractivity contribution in [1.29, 1.82) is 0 Å². The summed E-state index contributed by atoms with van der Waals surface area (Å²) >= 11 is 0. The van der Waals surface area contributed by atoms with Crippen LogP contribution < -0.4 is 5.73 Å². The van der Waals surface area contributed by atoms with Crippen molar-refractivity contribution in [3.8, 4) is 0 Å². The van der Waals surface area contributed by atoms with E-state index >= 15 is 0 Å². The van der Waals surface area contributed by atoms with Gasteiger partial charge >= 0.3 is 12.4 Å². The molecule has 0 aromatic heterocycles. The first-order chi connectivity index (χ1) is 7.53. The Morgan fingerprint density at radius 1 is 1.00 bits per heavy atom. The molecule has 0 unspecified atom stereocenters. The molecule has 18 heavy (non-hydrogen) atoms.